The molecule has 3 aromatic heterocycles. The van der Waals surface area contributed by atoms with Gasteiger partial charge in [0, 0.05) is 30.2 Å². The van der Waals surface area contributed by atoms with Crippen molar-refractivity contribution in [3.05, 3.63) is 35.6 Å². The van der Waals surface area contributed by atoms with Gasteiger partial charge in [-0.3, -0.25) is 14.9 Å². The average molecular weight is 442 g/mol. The Bertz CT molecular complexity index is 1260. The zero-order valence-electron chi connectivity index (χ0n) is 16.7. The lowest BCUT2D eigenvalue weighted by Gasteiger charge is -2.21. The van der Waals surface area contributed by atoms with Gasteiger partial charge in [-0.15, -0.1) is 0 Å². The minimum absolute atomic E-state index is 0.00834. The molecule has 2 aliphatic rings. The lowest BCUT2D eigenvalue weighted by molar-refractivity contribution is -0.105. The van der Waals surface area contributed by atoms with Crippen molar-refractivity contribution in [1.29, 1.82) is 0 Å². The molecule has 0 radical (unpaired) electrons. The summed E-state index contributed by atoms with van der Waals surface area (Å²) in [7, 11) is 0. The Morgan fingerprint density at radius 3 is 2.61 bits per heavy atom. The molecule has 1 aliphatic heterocycles. The number of rotatable bonds is 4. The molecule has 6 rings (SSSR count). The van der Waals surface area contributed by atoms with Gasteiger partial charge in [0.1, 0.15) is 5.69 Å². The van der Waals surface area contributed by atoms with Gasteiger partial charge in [-0.25, -0.2) is 9.37 Å². The molecule has 1 amide bonds. The number of halogens is 2. The number of anilines is 2. The number of nitrogens with one attached hydrogen (secondary N) is 2. The second-order valence-corrected chi connectivity index (χ2v) is 8.07. The number of benzene rings is 1. The van der Waals surface area contributed by atoms with Crippen LogP contribution >= 0.6 is 11.6 Å². The van der Waals surface area contributed by atoms with E-state index in [9.17, 15) is 4.79 Å². The largest absolute Gasteiger partial charge is 0.367 e. The van der Waals surface area contributed by atoms with Crippen LogP contribution in [0.5, 0.6) is 0 Å². The number of H-pyrrole nitrogens is 1. The third-order valence-electron chi connectivity index (χ3n) is 5.35. The van der Waals surface area contributed by atoms with Crippen molar-refractivity contribution in [1.82, 2.24) is 24.6 Å². The van der Waals surface area contributed by atoms with Gasteiger partial charge in [0.2, 0.25) is 6.41 Å². The molecule has 2 fully saturated rings. The lowest BCUT2D eigenvalue weighted by atomic mass is 10.0. The van der Waals surface area contributed by atoms with E-state index in [4.69, 9.17) is 11.6 Å². The lowest BCUT2D eigenvalue weighted by Crippen LogP contribution is -2.20. The standard InChI is InChI=1S/C18H15ClFN7O.C3H6/c19-15-14(11-7-27-8-12(22-9-28)24-13(27)6-21-11)10-5-23-25-17(10)18(16(15)20)26-3-1-2-4-26;1-2-3-1/h5-9H,1-4H2,(H,22,28)(H,23,25);1-3H2. The van der Waals surface area contributed by atoms with E-state index >= 15 is 4.39 Å². The monoisotopic (exact) mass is 441 g/mol. The van der Waals surface area contributed by atoms with E-state index in [1.54, 1.807) is 29.2 Å². The Morgan fingerprint density at radius 2 is 1.90 bits per heavy atom. The van der Waals surface area contributed by atoms with Gasteiger partial charge in [0.25, 0.3) is 0 Å². The summed E-state index contributed by atoms with van der Waals surface area (Å²) in [5.41, 5.74) is 2.55. The molecule has 10 heteroatoms. The molecule has 0 unspecified atom stereocenters. The van der Waals surface area contributed by atoms with E-state index in [-0.39, 0.29) is 5.02 Å². The predicted octanol–water partition coefficient (Wildman–Crippen LogP) is 4.40. The van der Waals surface area contributed by atoms with Gasteiger partial charge < -0.3 is 14.6 Å². The highest BCUT2D eigenvalue weighted by Crippen LogP contribution is 2.42. The van der Waals surface area contributed by atoms with E-state index in [1.165, 1.54) is 19.3 Å². The third-order valence-corrected chi connectivity index (χ3v) is 5.70. The summed E-state index contributed by atoms with van der Waals surface area (Å²) >= 11 is 6.49. The van der Waals surface area contributed by atoms with Crippen molar-refractivity contribution in [2.45, 2.75) is 32.1 Å². The Labute approximate surface area is 182 Å². The Kier molecular flexibility index (Phi) is 5.19. The molecule has 4 aromatic rings. The van der Waals surface area contributed by atoms with Gasteiger partial charge in [-0.2, -0.15) is 5.10 Å². The van der Waals surface area contributed by atoms with E-state index in [2.05, 4.69) is 25.5 Å². The summed E-state index contributed by atoms with van der Waals surface area (Å²) in [6.45, 7) is 1.57. The molecule has 4 heterocycles. The van der Waals surface area contributed by atoms with Crippen molar-refractivity contribution < 1.29 is 9.18 Å². The van der Waals surface area contributed by atoms with Crippen LogP contribution in [0.1, 0.15) is 32.1 Å². The summed E-state index contributed by atoms with van der Waals surface area (Å²) in [6, 6.07) is 0. The summed E-state index contributed by atoms with van der Waals surface area (Å²) in [5.74, 6) is -0.0878. The molecule has 31 heavy (non-hydrogen) atoms. The van der Waals surface area contributed by atoms with E-state index in [0.717, 1.165) is 25.9 Å². The zero-order valence-corrected chi connectivity index (χ0v) is 17.5. The summed E-state index contributed by atoms with van der Waals surface area (Å²) < 4.78 is 17.0. The fourth-order valence-corrected chi connectivity index (χ4v) is 4.03. The van der Waals surface area contributed by atoms with Crippen LogP contribution in [0, 0.1) is 5.82 Å². The van der Waals surface area contributed by atoms with Crippen molar-refractivity contribution in [3.63, 3.8) is 0 Å². The number of hydrogen-bond acceptors (Lipinski definition) is 5. The number of fused-ring (bicyclic) bond motifs is 2. The SMILES string of the molecule is C1CC1.O=CNc1cn2cc(-c3c(Cl)c(F)c(N4CCCC4)c4[nH]ncc34)ncc2n1. The number of hydrogen-bond donors (Lipinski definition) is 2. The molecule has 1 saturated heterocycles. The van der Waals surface area contributed by atoms with Crippen molar-refractivity contribution in [2.24, 2.45) is 0 Å². The third kappa shape index (κ3) is 3.69. The quantitative estimate of drug-likeness (QED) is 0.458. The minimum Gasteiger partial charge on any atom is -0.367 e. The molecule has 1 saturated carbocycles. The summed E-state index contributed by atoms with van der Waals surface area (Å²) in [4.78, 5) is 21.3. The zero-order chi connectivity index (χ0) is 21.4. The molecular weight excluding hydrogens is 421 g/mol. The number of carbonyl (C=O) groups excluding carboxylic acids is 1. The van der Waals surface area contributed by atoms with Gasteiger partial charge >= 0.3 is 0 Å². The second-order valence-electron chi connectivity index (χ2n) is 7.69. The van der Waals surface area contributed by atoms with Crippen LogP contribution in [0.15, 0.2) is 24.8 Å². The van der Waals surface area contributed by atoms with Gasteiger partial charge in [0.15, 0.2) is 17.3 Å². The smallest absolute Gasteiger partial charge is 0.212 e. The molecule has 0 atom stereocenters. The van der Waals surface area contributed by atoms with Gasteiger partial charge in [-0.1, -0.05) is 30.9 Å². The molecule has 2 N–H and O–H groups in total. The first-order valence-electron chi connectivity index (χ1n) is 10.3. The van der Waals surface area contributed by atoms with Crippen molar-refractivity contribution in [2.75, 3.05) is 23.3 Å². The number of aromatic amines is 1. The van der Waals surface area contributed by atoms with E-state index in [0.29, 0.717) is 45.7 Å². The average Bonchev–Trinajstić information content (AvgIpc) is 3.24. The van der Waals surface area contributed by atoms with Gasteiger partial charge in [-0.05, 0) is 12.8 Å². The Hall–Kier alpha value is -3.20. The van der Waals surface area contributed by atoms with Gasteiger partial charge in [0.05, 0.1) is 34.8 Å². The molecule has 0 bridgehead atoms. The maximum Gasteiger partial charge on any atom is 0.212 e. The van der Waals surface area contributed by atoms with E-state index in [1.807, 2.05) is 4.90 Å². The molecule has 1 aliphatic carbocycles. The summed E-state index contributed by atoms with van der Waals surface area (Å²) in [6.07, 6.45) is 13.6. The molecule has 160 valence electrons. The van der Waals surface area contributed by atoms with Crippen LogP contribution in [0.3, 0.4) is 0 Å². The van der Waals surface area contributed by atoms with Crippen LogP contribution in [-0.2, 0) is 4.79 Å². The fraction of sp³-hybridized carbons (Fsp3) is 0.333. The van der Waals surface area contributed by atoms with Crippen LogP contribution < -0.4 is 10.2 Å². The molecule has 8 nitrogen and oxygen atoms in total. The highest BCUT2D eigenvalue weighted by molar-refractivity contribution is 6.35. The first kappa shape index (κ1) is 19.7. The number of imidazole rings is 1. The maximum absolute atomic E-state index is 15.3. The molecule has 0 spiro atoms. The van der Waals surface area contributed by atoms with E-state index < -0.39 is 5.82 Å². The van der Waals surface area contributed by atoms with Crippen LogP contribution in [0.2, 0.25) is 5.02 Å². The topological polar surface area (TPSA) is 91.2 Å². The normalized spacial score (nSPS) is 15.2. The van der Waals surface area contributed by atoms with Crippen LogP contribution in [-0.4, -0.2) is 44.1 Å². The number of nitrogens with zero attached hydrogens (tertiary/aromatic N) is 5. The maximum atomic E-state index is 15.3. The minimum atomic E-state index is -0.480. The molecular formula is C21H21ClFN7O. The highest BCUT2D eigenvalue weighted by Gasteiger charge is 2.26. The number of amides is 1. The highest BCUT2D eigenvalue weighted by atomic mass is 35.5. The van der Waals surface area contributed by atoms with Crippen molar-refractivity contribution in [3.8, 4) is 11.3 Å². The second kappa shape index (κ2) is 8.14. The summed E-state index contributed by atoms with van der Waals surface area (Å²) in [5, 5.41) is 10.2. The first-order chi connectivity index (χ1) is 15.2. The fourth-order valence-electron chi connectivity index (χ4n) is 3.74. The Morgan fingerprint density at radius 1 is 1.13 bits per heavy atom. The van der Waals surface area contributed by atoms with Crippen LogP contribution in [0.4, 0.5) is 15.9 Å². The molecule has 1 aromatic carbocycles. The van der Waals surface area contributed by atoms with Crippen molar-refractivity contribution >= 4 is 46.1 Å². The number of carbonyl (C=O) groups is 1. The van der Waals surface area contributed by atoms with Crippen LogP contribution in [0.25, 0.3) is 27.8 Å². The first-order valence-corrected chi connectivity index (χ1v) is 10.7. The number of aromatic nitrogens is 5. The Balaban J connectivity index is 0.000000628. The predicted molar refractivity (Wildman–Crippen MR) is 118 cm³/mol.